The van der Waals surface area contributed by atoms with Crippen LogP contribution >= 0.6 is 11.3 Å². The summed E-state index contributed by atoms with van der Waals surface area (Å²) in [6.07, 6.45) is 1.83. The number of primary amides is 1. The van der Waals surface area contributed by atoms with Gasteiger partial charge in [0.25, 0.3) is 5.91 Å². The SMILES string of the molecule is COC(=O)c1c(N2CCCC(CO)C2)sc(C(N)=O)c1N. The number of hydrogen-bond acceptors (Lipinski definition) is 7. The number of nitrogens with zero attached hydrogens (tertiary/aromatic N) is 1. The van der Waals surface area contributed by atoms with Crippen molar-refractivity contribution in [1.82, 2.24) is 0 Å². The minimum absolute atomic E-state index is 0.0699. The Morgan fingerprint density at radius 1 is 1.52 bits per heavy atom. The Bertz CT molecular complexity index is 558. The highest BCUT2D eigenvalue weighted by atomic mass is 32.1. The first-order chi connectivity index (χ1) is 9.99. The third-order valence-corrected chi connectivity index (χ3v) is 4.89. The molecular weight excluding hydrogens is 294 g/mol. The zero-order valence-electron chi connectivity index (χ0n) is 11.8. The molecule has 0 aliphatic carbocycles. The molecule has 1 atom stereocenters. The van der Waals surface area contributed by atoms with Crippen molar-refractivity contribution < 1.29 is 19.4 Å². The maximum Gasteiger partial charge on any atom is 0.343 e. The van der Waals surface area contributed by atoms with E-state index in [0.29, 0.717) is 11.5 Å². The molecule has 1 aromatic rings. The zero-order chi connectivity index (χ0) is 15.6. The quantitative estimate of drug-likeness (QED) is 0.693. The number of aliphatic hydroxyl groups excluding tert-OH is 1. The zero-order valence-corrected chi connectivity index (χ0v) is 12.6. The number of methoxy groups -OCH3 is 1. The van der Waals surface area contributed by atoms with Gasteiger partial charge in [-0.15, -0.1) is 11.3 Å². The fourth-order valence-corrected chi connectivity index (χ4v) is 3.63. The maximum absolute atomic E-state index is 12.0. The molecule has 5 N–H and O–H groups in total. The molecule has 1 unspecified atom stereocenters. The van der Waals surface area contributed by atoms with Crippen molar-refractivity contribution in [2.75, 3.05) is 37.4 Å². The summed E-state index contributed by atoms with van der Waals surface area (Å²) >= 11 is 1.10. The summed E-state index contributed by atoms with van der Waals surface area (Å²) in [5, 5.41) is 9.90. The maximum atomic E-state index is 12.0. The predicted octanol–water partition coefficient (Wildman–Crippen LogP) is 0.425. The summed E-state index contributed by atoms with van der Waals surface area (Å²) in [6.45, 7) is 1.44. The van der Waals surface area contributed by atoms with Crippen LogP contribution in [0.1, 0.15) is 32.9 Å². The molecule has 7 nitrogen and oxygen atoms in total. The largest absolute Gasteiger partial charge is 0.465 e. The van der Waals surface area contributed by atoms with E-state index < -0.39 is 11.9 Å². The average molecular weight is 313 g/mol. The van der Waals surface area contributed by atoms with E-state index in [0.717, 1.165) is 30.7 Å². The van der Waals surface area contributed by atoms with Crippen molar-refractivity contribution in [3.05, 3.63) is 10.4 Å². The number of amides is 1. The van der Waals surface area contributed by atoms with Crippen molar-refractivity contribution in [3.8, 4) is 0 Å². The molecule has 1 saturated heterocycles. The van der Waals surface area contributed by atoms with Crippen molar-refractivity contribution >= 4 is 33.9 Å². The van der Waals surface area contributed by atoms with E-state index in [1.54, 1.807) is 0 Å². The van der Waals surface area contributed by atoms with Crippen LogP contribution in [-0.4, -0.2) is 43.8 Å². The summed E-state index contributed by atoms with van der Waals surface area (Å²) in [4.78, 5) is 25.5. The van der Waals surface area contributed by atoms with Crippen LogP contribution in [0.15, 0.2) is 0 Å². The van der Waals surface area contributed by atoms with E-state index in [2.05, 4.69) is 0 Å². The summed E-state index contributed by atoms with van der Waals surface area (Å²) in [5.74, 6) is -1.11. The molecule has 1 aliphatic heterocycles. The molecule has 21 heavy (non-hydrogen) atoms. The summed E-state index contributed by atoms with van der Waals surface area (Å²) in [7, 11) is 1.26. The van der Waals surface area contributed by atoms with Gasteiger partial charge < -0.3 is 26.2 Å². The number of anilines is 2. The molecule has 0 aromatic carbocycles. The van der Waals surface area contributed by atoms with Crippen molar-refractivity contribution in [1.29, 1.82) is 0 Å². The Labute approximate surface area is 126 Å². The van der Waals surface area contributed by atoms with Crippen LogP contribution in [0.5, 0.6) is 0 Å². The number of piperidine rings is 1. The first kappa shape index (κ1) is 15.6. The number of carbonyl (C=O) groups excluding carboxylic acids is 2. The van der Waals surface area contributed by atoms with Gasteiger partial charge in [-0.25, -0.2) is 4.79 Å². The molecule has 0 spiro atoms. The highest BCUT2D eigenvalue weighted by Crippen LogP contribution is 2.40. The van der Waals surface area contributed by atoms with Crippen molar-refractivity contribution in [3.63, 3.8) is 0 Å². The number of thiophene rings is 1. The van der Waals surface area contributed by atoms with Gasteiger partial charge in [0.1, 0.15) is 15.4 Å². The molecule has 0 bridgehead atoms. The lowest BCUT2D eigenvalue weighted by Gasteiger charge is -2.33. The topological polar surface area (TPSA) is 119 Å². The van der Waals surface area contributed by atoms with Gasteiger partial charge in [-0.05, 0) is 18.8 Å². The van der Waals surface area contributed by atoms with Crippen LogP contribution < -0.4 is 16.4 Å². The summed E-state index contributed by atoms with van der Waals surface area (Å²) in [5.41, 5.74) is 11.4. The number of nitrogens with two attached hydrogens (primary N) is 2. The standard InChI is InChI=1S/C13H19N3O4S/c1-20-13(19)8-9(14)10(11(15)18)21-12(8)16-4-2-3-7(5-16)6-17/h7,17H,2-6,14H2,1H3,(H2,15,18). The van der Waals surface area contributed by atoms with Crippen LogP contribution in [0.4, 0.5) is 10.7 Å². The number of rotatable bonds is 4. The molecule has 2 rings (SSSR count). The van der Waals surface area contributed by atoms with Crippen molar-refractivity contribution in [2.24, 2.45) is 11.7 Å². The number of hydrogen-bond donors (Lipinski definition) is 3. The van der Waals surface area contributed by atoms with Gasteiger partial charge in [0.2, 0.25) is 0 Å². The Morgan fingerprint density at radius 2 is 2.24 bits per heavy atom. The second-order valence-electron chi connectivity index (χ2n) is 5.02. The van der Waals surface area contributed by atoms with Gasteiger partial charge in [0, 0.05) is 19.7 Å². The molecule has 1 aromatic heterocycles. The molecule has 0 radical (unpaired) electrons. The minimum Gasteiger partial charge on any atom is -0.465 e. The summed E-state index contributed by atoms with van der Waals surface area (Å²) < 4.78 is 4.75. The molecule has 1 aliphatic rings. The molecule has 116 valence electrons. The van der Waals surface area contributed by atoms with Gasteiger partial charge in [-0.1, -0.05) is 0 Å². The van der Waals surface area contributed by atoms with Crippen molar-refractivity contribution in [2.45, 2.75) is 12.8 Å². The van der Waals surface area contributed by atoms with Gasteiger partial charge in [0.15, 0.2) is 0 Å². The number of nitrogen functional groups attached to an aromatic ring is 1. The first-order valence-electron chi connectivity index (χ1n) is 6.65. The molecule has 1 fully saturated rings. The van der Waals surface area contributed by atoms with E-state index in [4.69, 9.17) is 16.2 Å². The first-order valence-corrected chi connectivity index (χ1v) is 7.47. The number of ether oxygens (including phenoxy) is 1. The van der Waals surface area contributed by atoms with E-state index in [1.165, 1.54) is 7.11 Å². The Balaban J connectivity index is 2.44. The number of esters is 1. The van der Waals surface area contributed by atoms with Gasteiger partial charge >= 0.3 is 5.97 Å². The number of aliphatic hydroxyl groups is 1. The highest BCUT2D eigenvalue weighted by molar-refractivity contribution is 7.19. The lowest BCUT2D eigenvalue weighted by atomic mass is 9.99. The lowest BCUT2D eigenvalue weighted by Crippen LogP contribution is -2.37. The normalized spacial score (nSPS) is 18.6. The average Bonchev–Trinajstić information content (AvgIpc) is 2.84. The molecule has 2 heterocycles. The lowest BCUT2D eigenvalue weighted by molar-refractivity contribution is 0.0603. The minimum atomic E-state index is -0.662. The molecule has 8 heteroatoms. The van der Waals surface area contributed by atoms with E-state index >= 15 is 0 Å². The molecular formula is C13H19N3O4S. The fourth-order valence-electron chi connectivity index (χ4n) is 2.53. The van der Waals surface area contributed by atoms with Gasteiger partial charge in [0.05, 0.1) is 12.8 Å². The van der Waals surface area contributed by atoms with Gasteiger partial charge in [-0.3, -0.25) is 4.79 Å². The van der Waals surface area contributed by atoms with Crippen LogP contribution in [-0.2, 0) is 4.74 Å². The summed E-state index contributed by atoms with van der Waals surface area (Å²) in [6, 6.07) is 0. The van der Waals surface area contributed by atoms with E-state index in [-0.39, 0.29) is 28.7 Å². The van der Waals surface area contributed by atoms with Crippen LogP contribution in [0.2, 0.25) is 0 Å². The monoisotopic (exact) mass is 313 g/mol. The highest BCUT2D eigenvalue weighted by Gasteiger charge is 2.30. The van der Waals surface area contributed by atoms with Crippen LogP contribution in [0.25, 0.3) is 0 Å². The number of carbonyl (C=O) groups is 2. The van der Waals surface area contributed by atoms with Crippen LogP contribution in [0.3, 0.4) is 0 Å². The fraction of sp³-hybridized carbons (Fsp3) is 0.538. The predicted molar refractivity (Wildman–Crippen MR) is 80.6 cm³/mol. The van der Waals surface area contributed by atoms with Crippen LogP contribution in [0, 0.1) is 5.92 Å². The second-order valence-corrected chi connectivity index (χ2v) is 6.02. The third-order valence-electron chi connectivity index (χ3n) is 3.60. The molecule has 0 saturated carbocycles. The Kier molecular flexibility index (Phi) is 4.69. The second kappa shape index (κ2) is 6.31. The van der Waals surface area contributed by atoms with Gasteiger partial charge in [-0.2, -0.15) is 0 Å². The Hall–Kier alpha value is -1.80. The van der Waals surface area contributed by atoms with E-state index in [9.17, 15) is 14.7 Å². The smallest absolute Gasteiger partial charge is 0.343 e. The Morgan fingerprint density at radius 3 is 2.81 bits per heavy atom. The molecule has 1 amide bonds. The van der Waals surface area contributed by atoms with E-state index in [1.807, 2.05) is 4.90 Å². The third kappa shape index (κ3) is 2.96.